The molecule has 11 heavy (non-hydrogen) atoms. The minimum atomic E-state index is 0. The summed E-state index contributed by atoms with van der Waals surface area (Å²) in [6.07, 6.45) is 4.42. The van der Waals surface area contributed by atoms with Crippen molar-refractivity contribution in [2.75, 3.05) is 0 Å². The summed E-state index contributed by atoms with van der Waals surface area (Å²) in [5.74, 6) is 0.431. The molecule has 0 amide bonds. The number of halogens is 1. The second-order valence-corrected chi connectivity index (χ2v) is 3.17. The van der Waals surface area contributed by atoms with Crippen molar-refractivity contribution in [3.63, 3.8) is 0 Å². The summed E-state index contributed by atoms with van der Waals surface area (Å²) in [6, 6.07) is 0.145. The van der Waals surface area contributed by atoms with Gasteiger partial charge in [0.1, 0.15) is 5.78 Å². The molecule has 0 bridgehead atoms. The molecule has 1 saturated carbocycles. The first-order valence-corrected chi connectivity index (χ1v) is 3.98. The maximum absolute atomic E-state index is 10.9. The molecular formula is C8H16ClNO. The Morgan fingerprint density at radius 3 is 2.27 bits per heavy atom. The summed E-state index contributed by atoms with van der Waals surface area (Å²) < 4.78 is 0. The summed E-state index contributed by atoms with van der Waals surface area (Å²) in [6.45, 7) is 1.65. The number of Topliss-reactive ketones (excluding diaryl/α,β-unsaturated/α-hetero) is 1. The molecule has 1 rings (SSSR count). The standard InChI is InChI=1S/C8H15NO.ClH/c1-6(10)7-4-2-3-5-8(7)9;/h7-8H,2-5,9H2,1H3;1H/t7-,8-;/m0./s1. The van der Waals surface area contributed by atoms with Gasteiger partial charge in [0.25, 0.3) is 0 Å². The summed E-state index contributed by atoms with van der Waals surface area (Å²) >= 11 is 0. The van der Waals surface area contributed by atoms with Crippen LogP contribution in [-0.2, 0) is 4.79 Å². The first-order chi connectivity index (χ1) is 4.72. The number of ketones is 1. The van der Waals surface area contributed by atoms with E-state index in [9.17, 15) is 4.79 Å². The van der Waals surface area contributed by atoms with Crippen LogP contribution in [0.1, 0.15) is 32.6 Å². The van der Waals surface area contributed by atoms with Gasteiger partial charge >= 0.3 is 0 Å². The highest BCUT2D eigenvalue weighted by molar-refractivity contribution is 5.85. The molecule has 0 radical (unpaired) electrons. The lowest BCUT2D eigenvalue weighted by atomic mass is 9.83. The molecule has 0 spiro atoms. The smallest absolute Gasteiger partial charge is 0.134 e. The number of hydrogen-bond donors (Lipinski definition) is 1. The van der Waals surface area contributed by atoms with Crippen LogP contribution >= 0.6 is 12.4 Å². The van der Waals surface area contributed by atoms with Gasteiger partial charge in [-0.1, -0.05) is 12.8 Å². The fourth-order valence-corrected chi connectivity index (χ4v) is 1.66. The molecule has 0 heterocycles. The second-order valence-electron chi connectivity index (χ2n) is 3.17. The third-order valence-electron chi connectivity index (χ3n) is 2.34. The van der Waals surface area contributed by atoms with Gasteiger partial charge in [0.15, 0.2) is 0 Å². The van der Waals surface area contributed by atoms with Crippen LogP contribution in [-0.4, -0.2) is 11.8 Å². The Hall–Kier alpha value is -0.0800. The average molecular weight is 178 g/mol. The topological polar surface area (TPSA) is 43.1 Å². The number of hydrogen-bond acceptors (Lipinski definition) is 2. The molecule has 3 heteroatoms. The molecule has 1 fully saturated rings. The Labute approximate surface area is 73.9 Å². The van der Waals surface area contributed by atoms with Gasteiger partial charge in [-0.05, 0) is 19.8 Å². The normalized spacial score (nSPS) is 30.7. The molecule has 0 aromatic heterocycles. The molecule has 66 valence electrons. The molecule has 0 aromatic carbocycles. The predicted octanol–water partition coefficient (Wildman–Crippen LogP) is 1.51. The fraction of sp³-hybridized carbons (Fsp3) is 0.875. The summed E-state index contributed by atoms with van der Waals surface area (Å²) in [4.78, 5) is 10.9. The molecule has 2 atom stereocenters. The van der Waals surface area contributed by atoms with E-state index in [1.54, 1.807) is 6.92 Å². The van der Waals surface area contributed by atoms with Gasteiger partial charge in [0.05, 0.1) is 0 Å². The van der Waals surface area contributed by atoms with Gasteiger partial charge in [-0.25, -0.2) is 0 Å². The van der Waals surface area contributed by atoms with Crippen LogP contribution in [0.3, 0.4) is 0 Å². The highest BCUT2D eigenvalue weighted by atomic mass is 35.5. The lowest BCUT2D eigenvalue weighted by Gasteiger charge is -2.25. The van der Waals surface area contributed by atoms with E-state index in [4.69, 9.17) is 5.73 Å². The summed E-state index contributed by atoms with van der Waals surface area (Å²) in [5.41, 5.74) is 5.76. The first kappa shape index (κ1) is 10.9. The van der Waals surface area contributed by atoms with Crippen molar-refractivity contribution in [3.8, 4) is 0 Å². The van der Waals surface area contributed by atoms with E-state index in [1.165, 1.54) is 12.8 Å². The third kappa shape index (κ3) is 2.80. The van der Waals surface area contributed by atoms with E-state index < -0.39 is 0 Å². The highest BCUT2D eigenvalue weighted by Gasteiger charge is 2.24. The molecule has 0 saturated heterocycles. The lowest BCUT2D eigenvalue weighted by molar-refractivity contribution is -0.122. The van der Waals surface area contributed by atoms with Crippen molar-refractivity contribution < 1.29 is 4.79 Å². The predicted molar refractivity (Wildman–Crippen MR) is 47.9 cm³/mol. The van der Waals surface area contributed by atoms with Crippen LogP contribution in [0.5, 0.6) is 0 Å². The zero-order valence-electron chi connectivity index (χ0n) is 6.88. The highest BCUT2D eigenvalue weighted by Crippen LogP contribution is 2.23. The maximum Gasteiger partial charge on any atom is 0.134 e. The SMILES string of the molecule is CC(=O)[C@@H]1CCCC[C@@H]1N.Cl. The van der Waals surface area contributed by atoms with Crippen molar-refractivity contribution in [2.45, 2.75) is 38.6 Å². The lowest BCUT2D eigenvalue weighted by Crippen LogP contribution is -2.36. The molecule has 1 aliphatic carbocycles. The number of rotatable bonds is 1. The number of carbonyl (C=O) groups excluding carboxylic acids is 1. The van der Waals surface area contributed by atoms with E-state index in [2.05, 4.69) is 0 Å². The summed E-state index contributed by atoms with van der Waals surface area (Å²) in [7, 11) is 0. The minimum absolute atomic E-state index is 0. The van der Waals surface area contributed by atoms with E-state index in [0.29, 0.717) is 0 Å². The van der Waals surface area contributed by atoms with Gasteiger partial charge in [0, 0.05) is 12.0 Å². The van der Waals surface area contributed by atoms with Crippen LogP contribution < -0.4 is 5.73 Å². The van der Waals surface area contributed by atoms with Crippen molar-refractivity contribution in [1.82, 2.24) is 0 Å². The van der Waals surface area contributed by atoms with Crippen LogP contribution in [0.4, 0.5) is 0 Å². The van der Waals surface area contributed by atoms with Crippen molar-refractivity contribution in [1.29, 1.82) is 0 Å². The Kier molecular flexibility index (Phi) is 4.69. The monoisotopic (exact) mass is 177 g/mol. The third-order valence-corrected chi connectivity index (χ3v) is 2.34. The Morgan fingerprint density at radius 2 is 1.91 bits per heavy atom. The maximum atomic E-state index is 10.9. The van der Waals surface area contributed by atoms with Gasteiger partial charge < -0.3 is 5.73 Å². The van der Waals surface area contributed by atoms with Crippen LogP contribution in [0.25, 0.3) is 0 Å². The molecule has 1 aliphatic rings. The van der Waals surface area contributed by atoms with Crippen molar-refractivity contribution in [2.24, 2.45) is 11.7 Å². The Bertz CT molecular complexity index is 138. The molecule has 2 N–H and O–H groups in total. The van der Waals surface area contributed by atoms with Crippen LogP contribution in [0.15, 0.2) is 0 Å². The second kappa shape index (κ2) is 4.73. The molecule has 0 aromatic rings. The van der Waals surface area contributed by atoms with Crippen LogP contribution in [0.2, 0.25) is 0 Å². The van der Waals surface area contributed by atoms with E-state index in [1.807, 2.05) is 0 Å². The largest absolute Gasteiger partial charge is 0.327 e. The molecular weight excluding hydrogens is 162 g/mol. The summed E-state index contributed by atoms with van der Waals surface area (Å²) in [5, 5.41) is 0. The molecule has 2 nitrogen and oxygen atoms in total. The van der Waals surface area contributed by atoms with E-state index in [-0.39, 0.29) is 30.2 Å². The van der Waals surface area contributed by atoms with Gasteiger partial charge in [0.2, 0.25) is 0 Å². The van der Waals surface area contributed by atoms with Crippen molar-refractivity contribution >= 4 is 18.2 Å². The van der Waals surface area contributed by atoms with Gasteiger partial charge in [-0.3, -0.25) is 4.79 Å². The molecule has 0 aliphatic heterocycles. The number of nitrogens with two attached hydrogens (primary N) is 1. The quantitative estimate of drug-likeness (QED) is 0.660. The Balaban J connectivity index is 0.000001000. The zero-order valence-corrected chi connectivity index (χ0v) is 7.69. The first-order valence-electron chi connectivity index (χ1n) is 3.98. The van der Waals surface area contributed by atoms with Crippen LogP contribution in [0, 0.1) is 5.92 Å². The van der Waals surface area contributed by atoms with Gasteiger partial charge in [-0.2, -0.15) is 0 Å². The van der Waals surface area contributed by atoms with Crippen molar-refractivity contribution in [3.05, 3.63) is 0 Å². The Morgan fingerprint density at radius 1 is 1.36 bits per heavy atom. The fourth-order valence-electron chi connectivity index (χ4n) is 1.66. The number of carbonyl (C=O) groups is 1. The molecule has 0 unspecified atom stereocenters. The minimum Gasteiger partial charge on any atom is -0.327 e. The van der Waals surface area contributed by atoms with Gasteiger partial charge in [-0.15, -0.1) is 12.4 Å². The zero-order chi connectivity index (χ0) is 7.56. The van der Waals surface area contributed by atoms with E-state index >= 15 is 0 Å². The average Bonchev–Trinajstić information content (AvgIpc) is 1.88. The van der Waals surface area contributed by atoms with E-state index in [0.717, 1.165) is 12.8 Å².